The molecule has 0 saturated heterocycles. The van der Waals surface area contributed by atoms with Gasteiger partial charge in [-0.05, 0) is 48.4 Å². The minimum Gasteiger partial charge on any atom is -0.384 e. The Bertz CT molecular complexity index is 952. The highest BCUT2D eigenvalue weighted by Gasteiger charge is 2.54. The standard InChI is InChI=1S/C29H30OP/c1-2-15-28(29(30)24-16-7-3-8-17-24)31(25-18-9-4-10-19-25,26-20-11-5-12-21-26)27-22-13-6-14-23-27/h3-14,16-23,28-30H,2,15H2,1H3/q+1/t28-,29+/m1/s1. The van der Waals surface area contributed by atoms with Crippen LogP contribution in [-0.2, 0) is 0 Å². The molecule has 156 valence electrons. The van der Waals surface area contributed by atoms with Crippen molar-refractivity contribution in [2.75, 3.05) is 0 Å². The molecule has 0 bridgehead atoms. The Kier molecular flexibility index (Phi) is 6.97. The number of rotatable bonds is 8. The van der Waals surface area contributed by atoms with Gasteiger partial charge >= 0.3 is 0 Å². The van der Waals surface area contributed by atoms with E-state index in [1.807, 2.05) is 18.2 Å². The van der Waals surface area contributed by atoms with Crippen LogP contribution < -0.4 is 15.9 Å². The molecular formula is C29H30OP+. The first-order chi connectivity index (χ1) is 15.3. The largest absolute Gasteiger partial charge is 0.384 e. The summed E-state index contributed by atoms with van der Waals surface area (Å²) in [6.45, 7) is 2.22. The van der Waals surface area contributed by atoms with Crippen LogP contribution in [0.25, 0.3) is 0 Å². The van der Waals surface area contributed by atoms with E-state index in [0.717, 1.165) is 18.4 Å². The lowest BCUT2D eigenvalue weighted by Gasteiger charge is -2.37. The fourth-order valence-electron chi connectivity index (χ4n) is 4.74. The normalized spacial score (nSPS) is 13.5. The maximum Gasteiger partial charge on any atom is 0.118 e. The molecule has 4 rings (SSSR count). The van der Waals surface area contributed by atoms with Crippen molar-refractivity contribution in [2.45, 2.75) is 31.5 Å². The van der Waals surface area contributed by atoms with Gasteiger partial charge in [0.15, 0.2) is 0 Å². The zero-order valence-electron chi connectivity index (χ0n) is 18.0. The molecule has 0 amide bonds. The fraction of sp³-hybridized carbons (Fsp3) is 0.172. The third kappa shape index (κ3) is 4.22. The van der Waals surface area contributed by atoms with E-state index in [0.29, 0.717) is 0 Å². The second-order valence-corrected chi connectivity index (χ2v) is 11.6. The molecule has 0 saturated carbocycles. The molecule has 0 fully saturated rings. The van der Waals surface area contributed by atoms with Gasteiger partial charge in [0.05, 0.1) is 0 Å². The van der Waals surface area contributed by atoms with E-state index in [9.17, 15) is 5.11 Å². The van der Waals surface area contributed by atoms with Crippen LogP contribution in [0.3, 0.4) is 0 Å². The second-order valence-electron chi connectivity index (χ2n) is 7.94. The fourth-order valence-corrected chi connectivity index (χ4v) is 9.95. The summed E-state index contributed by atoms with van der Waals surface area (Å²) in [5.74, 6) is 0. The predicted molar refractivity (Wildman–Crippen MR) is 135 cm³/mol. The number of aliphatic hydroxyl groups is 1. The van der Waals surface area contributed by atoms with Crippen molar-refractivity contribution in [1.82, 2.24) is 0 Å². The summed E-state index contributed by atoms with van der Waals surface area (Å²) in [6, 6.07) is 42.8. The SMILES string of the molecule is CCC[C@H]([C@@H](O)c1ccccc1)[P+](c1ccccc1)(c1ccccc1)c1ccccc1. The smallest absolute Gasteiger partial charge is 0.118 e. The highest BCUT2D eigenvalue weighted by atomic mass is 31.2. The lowest BCUT2D eigenvalue weighted by Crippen LogP contribution is -2.41. The van der Waals surface area contributed by atoms with Gasteiger partial charge < -0.3 is 5.11 Å². The molecule has 0 aliphatic carbocycles. The minimum atomic E-state index is -2.15. The topological polar surface area (TPSA) is 20.2 Å². The summed E-state index contributed by atoms with van der Waals surface area (Å²) in [4.78, 5) is 0. The van der Waals surface area contributed by atoms with Crippen LogP contribution in [0.4, 0.5) is 0 Å². The molecule has 0 aliphatic rings. The first-order valence-corrected chi connectivity index (χ1v) is 12.9. The highest BCUT2D eigenvalue weighted by molar-refractivity contribution is 7.96. The van der Waals surface area contributed by atoms with Crippen LogP contribution in [0.15, 0.2) is 121 Å². The summed E-state index contributed by atoms with van der Waals surface area (Å²) in [7, 11) is -2.15. The van der Waals surface area contributed by atoms with Crippen molar-refractivity contribution in [3.05, 3.63) is 127 Å². The molecule has 2 heteroatoms. The molecule has 0 unspecified atom stereocenters. The van der Waals surface area contributed by atoms with Crippen molar-refractivity contribution in [3.8, 4) is 0 Å². The van der Waals surface area contributed by atoms with Crippen molar-refractivity contribution >= 4 is 23.2 Å². The summed E-state index contributed by atoms with van der Waals surface area (Å²) in [5.41, 5.74) is 1.07. The Labute approximate surface area is 186 Å². The summed E-state index contributed by atoms with van der Waals surface area (Å²) in [6.07, 6.45) is 1.42. The van der Waals surface area contributed by atoms with Crippen LogP contribution in [0.1, 0.15) is 31.4 Å². The Morgan fingerprint density at radius 2 is 0.935 bits per heavy atom. The van der Waals surface area contributed by atoms with Crippen LogP contribution in [0.5, 0.6) is 0 Å². The Morgan fingerprint density at radius 1 is 0.581 bits per heavy atom. The molecule has 0 heterocycles. The molecule has 31 heavy (non-hydrogen) atoms. The van der Waals surface area contributed by atoms with Gasteiger partial charge in [0.25, 0.3) is 0 Å². The minimum absolute atomic E-state index is 0.0760. The lowest BCUT2D eigenvalue weighted by atomic mass is 10.0. The van der Waals surface area contributed by atoms with E-state index in [2.05, 4.69) is 110 Å². The number of benzene rings is 4. The third-order valence-electron chi connectivity index (χ3n) is 6.08. The first-order valence-electron chi connectivity index (χ1n) is 11.1. The Morgan fingerprint density at radius 3 is 1.29 bits per heavy atom. The summed E-state index contributed by atoms with van der Waals surface area (Å²) < 4.78 is 0. The molecule has 2 atom stereocenters. The molecule has 0 spiro atoms. The van der Waals surface area contributed by atoms with Crippen LogP contribution in [-0.4, -0.2) is 10.8 Å². The molecular weight excluding hydrogens is 395 g/mol. The van der Waals surface area contributed by atoms with Gasteiger partial charge in [0.1, 0.15) is 34.9 Å². The summed E-state index contributed by atoms with van der Waals surface area (Å²) in [5, 5.41) is 15.8. The van der Waals surface area contributed by atoms with Crippen LogP contribution in [0, 0.1) is 0 Å². The zero-order valence-corrected chi connectivity index (χ0v) is 18.9. The summed E-state index contributed by atoms with van der Waals surface area (Å²) >= 11 is 0. The van der Waals surface area contributed by atoms with Gasteiger partial charge in [-0.1, -0.05) is 98.3 Å². The third-order valence-corrected chi connectivity index (χ3v) is 11.0. The molecule has 1 nitrogen and oxygen atoms in total. The maximum atomic E-state index is 11.9. The van der Waals surface area contributed by atoms with Gasteiger partial charge in [0, 0.05) is 0 Å². The number of aliphatic hydroxyl groups excluding tert-OH is 1. The molecule has 4 aromatic rings. The Balaban J connectivity index is 2.04. The lowest BCUT2D eigenvalue weighted by molar-refractivity contribution is 0.169. The zero-order chi connectivity index (χ0) is 21.5. The number of hydrogen-bond donors (Lipinski definition) is 1. The second kappa shape index (κ2) is 10.1. The average molecular weight is 426 g/mol. The average Bonchev–Trinajstić information content (AvgIpc) is 2.86. The van der Waals surface area contributed by atoms with Crippen molar-refractivity contribution in [1.29, 1.82) is 0 Å². The van der Waals surface area contributed by atoms with Gasteiger partial charge in [-0.15, -0.1) is 0 Å². The molecule has 0 aromatic heterocycles. The highest BCUT2D eigenvalue weighted by Crippen LogP contribution is 2.64. The van der Waals surface area contributed by atoms with E-state index in [-0.39, 0.29) is 5.66 Å². The quantitative estimate of drug-likeness (QED) is 0.349. The van der Waals surface area contributed by atoms with Gasteiger partial charge in [-0.25, -0.2) is 0 Å². The van der Waals surface area contributed by atoms with E-state index >= 15 is 0 Å². The molecule has 0 radical (unpaired) electrons. The number of hydrogen-bond acceptors (Lipinski definition) is 1. The molecule has 0 aliphatic heterocycles. The van der Waals surface area contributed by atoms with E-state index < -0.39 is 13.4 Å². The van der Waals surface area contributed by atoms with E-state index in [1.54, 1.807) is 0 Å². The van der Waals surface area contributed by atoms with Crippen LogP contribution in [0.2, 0.25) is 0 Å². The Hall–Kier alpha value is -2.73. The monoisotopic (exact) mass is 425 g/mol. The van der Waals surface area contributed by atoms with Gasteiger partial charge in [0.2, 0.25) is 0 Å². The van der Waals surface area contributed by atoms with Crippen molar-refractivity contribution in [2.24, 2.45) is 0 Å². The molecule has 1 N–H and O–H groups in total. The molecule has 4 aromatic carbocycles. The van der Waals surface area contributed by atoms with Crippen molar-refractivity contribution < 1.29 is 5.11 Å². The van der Waals surface area contributed by atoms with E-state index in [4.69, 9.17) is 0 Å². The maximum absolute atomic E-state index is 11.9. The van der Waals surface area contributed by atoms with E-state index in [1.165, 1.54) is 15.9 Å². The van der Waals surface area contributed by atoms with Gasteiger partial charge in [-0.3, -0.25) is 0 Å². The van der Waals surface area contributed by atoms with Crippen molar-refractivity contribution in [3.63, 3.8) is 0 Å². The van der Waals surface area contributed by atoms with Crippen LogP contribution >= 0.6 is 7.26 Å². The predicted octanol–water partition coefficient (Wildman–Crippen LogP) is 5.88. The first kappa shape index (κ1) is 21.5. The van der Waals surface area contributed by atoms with Gasteiger partial charge in [-0.2, -0.15) is 0 Å².